The van der Waals surface area contributed by atoms with Crippen molar-refractivity contribution < 1.29 is 4.79 Å². The lowest BCUT2D eigenvalue weighted by atomic mass is 10.0. The van der Waals surface area contributed by atoms with E-state index in [0.717, 1.165) is 43.9 Å². The number of anilines is 2. The Morgan fingerprint density at radius 2 is 2.00 bits per heavy atom. The van der Waals surface area contributed by atoms with E-state index in [1.165, 1.54) is 6.42 Å². The Labute approximate surface area is 114 Å². The number of hydrogen-bond acceptors (Lipinski definition) is 3. The number of benzene rings is 1. The quantitative estimate of drug-likeness (QED) is 0.832. The Morgan fingerprint density at radius 1 is 1.21 bits per heavy atom. The average molecular weight is 259 g/mol. The van der Waals surface area contributed by atoms with E-state index in [-0.39, 0.29) is 11.9 Å². The van der Waals surface area contributed by atoms with Gasteiger partial charge in [-0.25, -0.2) is 0 Å². The normalized spacial score (nSPS) is 23.1. The van der Waals surface area contributed by atoms with E-state index in [0.29, 0.717) is 0 Å². The van der Waals surface area contributed by atoms with Crippen LogP contribution in [0.1, 0.15) is 19.3 Å². The summed E-state index contributed by atoms with van der Waals surface area (Å²) in [5, 5.41) is 3.35. The summed E-state index contributed by atoms with van der Waals surface area (Å²) < 4.78 is 0. The van der Waals surface area contributed by atoms with Gasteiger partial charge in [-0.3, -0.25) is 4.79 Å². The number of para-hydroxylation sites is 2. The zero-order chi connectivity index (χ0) is 13.2. The molecule has 2 aliphatic heterocycles. The van der Waals surface area contributed by atoms with E-state index in [2.05, 4.69) is 23.3 Å². The molecule has 0 spiro atoms. The van der Waals surface area contributed by atoms with Crippen LogP contribution in [0.2, 0.25) is 0 Å². The average Bonchev–Trinajstić information content (AvgIpc) is 2.48. The van der Waals surface area contributed by atoms with Crippen LogP contribution < -0.4 is 15.1 Å². The van der Waals surface area contributed by atoms with Crippen molar-refractivity contribution in [1.82, 2.24) is 5.32 Å². The highest BCUT2D eigenvalue weighted by atomic mass is 16.2. The zero-order valence-corrected chi connectivity index (χ0v) is 11.4. The summed E-state index contributed by atoms with van der Waals surface area (Å²) in [4.78, 5) is 16.8. The van der Waals surface area contributed by atoms with Crippen LogP contribution in [0.15, 0.2) is 24.3 Å². The van der Waals surface area contributed by atoms with Crippen LogP contribution in [-0.2, 0) is 4.79 Å². The molecule has 4 nitrogen and oxygen atoms in total. The van der Waals surface area contributed by atoms with Gasteiger partial charge in [0.15, 0.2) is 0 Å². The maximum atomic E-state index is 12.7. The molecule has 0 unspecified atom stereocenters. The van der Waals surface area contributed by atoms with E-state index in [1.54, 1.807) is 0 Å². The summed E-state index contributed by atoms with van der Waals surface area (Å²) in [6.45, 7) is 2.64. The number of amides is 1. The second kappa shape index (κ2) is 5.21. The third-order valence-electron chi connectivity index (χ3n) is 4.12. The van der Waals surface area contributed by atoms with Gasteiger partial charge in [0, 0.05) is 20.1 Å². The first kappa shape index (κ1) is 12.5. The third kappa shape index (κ3) is 2.32. The summed E-state index contributed by atoms with van der Waals surface area (Å²) in [6, 6.07) is 8.17. The number of likely N-dealkylation sites (N-methyl/N-ethyl adjacent to an activating group) is 1. The topological polar surface area (TPSA) is 35.6 Å². The predicted octanol–water partition coefficient (Wildman–Crippen LogP) is 1.61. The van der Waals surface area contributed by atoms with Crippen LogP contribution in [0, 0.1) is 0 Å². The van der Waals surface area contributed by atoms with E-state index in [4.69, 9.17) is 0 Å². The molecule has 1 N–H and O–H groups in total. The smallest absolute Gasteiger partial charge is 0.244 e. The molecule has 2 heterocycles. The van der Waals surface area contributed by atoms with Crippen LogP contribution in [0.4, 0.5) is 11.4 Å². The van der Waals surface area contributed by atoms with Gasteiger partial charge < -0.3 is 15.1 Å². The Bertz CT molecular complexity index is 468. The number of carbonyl (C=O) groups is 1. The van der Waals surface area contributed by atoms with Gasteiger partial charge in [0.2, 0.25) is 5.91 Å². The largest absolute Gasteiger partial charge is 0.371 e. The predicted molar refractivity (Wildman–Crippen MR) is 77.7 cm³/mol. The molecule has 1 amide bonds. The highest BCUT2D eigenvalue weighted by molar-refractivity contribution is 6.00. The fourth-order valence-corrected chi connectivity index (χ4v) is 2.99. The molecule has 1 saturated heterocycles. The van der Waals surface area contributed by atoms with Crippen molar-refractivity contribution in [2.24, 2.45) is 0 Å². The maximum Gasteiger partial charge on any atom is 0.244 e. The first-order valence-electron chi connectivity index (χ1n) is 7.12. The molecule has 19 heavy (non-hydrogen) atoms. The molecule has 4 heteroatoms. The van der Waals surface area contributed by atoms with Gasteiger partial charge in [0.05, 0.1) is 17.4 Å². The maximum absolute atomic E-state index is 12.7. The third-order valence-corrected chi connectivity index (χ3v) is 4.12. The van der Waals surface area contributed by atoms with E-state index in [1.807, 2.05) is 23.1 Å². The van der Waals surface area contributed by atoms with E-state index < -0.39 is 0 Å². The molecule has 2 aliphatic rings. The molecule has 1 aromatic rings. The van der Waals surface area contributed by atoms with E-state index >= 15 is 0 Å². The molecule has 1 aromatic carbocycles. The van der Waals surface area contributed by atoms with Gasteiger partial charge in [-0.15, -0.1) is 0 Å². The second-order valence-electron chi connectivity index (χ2n) is 5.40. The van der Waals surface area contributed by atoms with Crippen molar-refractivity contribution in [3.8, 4) is 0 Å². The van der Waals surface area contributed by atoms with Gasteiger partial charge in [0.1, 0.15) is 0 Å². The van der Waals surface area contributed by atoms with Crippen molar-refractivity contribution in [3.05, 3.63) is 24.3 Å². The summed E-state index contributed by atoms with van der Waals surface area (Å²) in [5.74, 6) is 0.236. The standard InChI is InChI=1S/C15H21N3O/c1-17-10-11-18(14-8-3-2-7-13(14)17)15(19)12-6-4-5-9-16-12/h2-3,7-8,12,16H,4-6,9-11H2,1H3/t12-/m0/s1. The molecule has 0 saturated carbocycles. The van der Waals surface area contributed by atoms with Crippen molar-refractivity contribution in [1.29, 1.82) is 0 Å². The molecular formula is C15H21N3O. The first-order valence-corrected chi connectivity index (χ1v) is 7.12. The van der Waals surface area contributed by atoms with Crippen LogP contribution in [-0.4, -0.2) is 38.6 Å². The molecule has 0 aromatic heterocycles. The van der Waals surface area contributed by atoms with Crippen molar-refractivity contribution >= 4 is 17.3 Å². The van der Waals surface area contributed by atoms with Gasteiger partial charge in [-0.05, 0) is 31.5 Å². The number of fused-ring (bicyclic) bond motifs is 1. The molecule has 3 rings (SSSR count). The molecule has 0 bridgehead atoms. The number of hydrogen-bond donors (Lipinski definition) is 1. The lowest BCUT2D eigenvalue weighted by molar-refractivity contribution is -0.121. The number of nitrogens with zero attached hydrogens (tertiary/aromatic N) is 2. The zero-order valence-electron chi connectivity index (χ0n) is 11.4. The number of nitrogens with one attached hydrogen (secondary N) is 1. The lowest BCUT2D eigenvalue weighted by Gasteiger charge is -2.38. The number of piperidine rings is 1. The minimum Gasteiger partial charge on any atom is -0.371 e. The van der Waals surface area contributed by atoms with Crippen molar-refractivity contribution in [2.45, 2.75) is 25.3 Å². The number of carbonyl (C=O) groups excluding carboxylic acids is 1. The fourth-order valence-electron chi connectivity index (χ4n) is 2.99. The van der Waals surface area contributed by atoms with Gasteiger partial charge in [0.25, 0.3) is 0 Å². The van der Waals surface area contributed by atoms with Gasteiger partial charge in [-0.2, -0.15) is 0 Å². The summed E-state index contributed by atoms with van der Waals surface area (Å²) in [6.07, 6.45) is 3.30. The SMILES string of the molecule is CN1CCN(C(=O)[C@@H]2CCCCN2)c2ccccc21. The monoisotopic (exact) mass is 259 g/mol. The van der Waals surface area contributed by atoms with Crippen molar-refractivity contribution in [3.63, 3.8) is 0 Å². The van der Waals surface area contributed by atoms with Crippen LogP contribution in [0.3, 0.4) is 0 Å². The summed E-state index contributed by atoms with van der Waals surface area (Å²) in [7, 11) is 2.08. The Morgan fingerprint density at radius 3 is 2.74 bits per heavy atom. The lowest BCUT2D eigenvalue weighted by Crippen LogP contribution is -2.52. The molecule has 0 radical (unpaired) electrons. The first-order chi connectivity index (χ1) is 9.27. The highest BCUT2D eigenvalue weighted by Crippen LogP contribution is 2.32. The fraction of sp³-hybridized carbons (Fsp3) is 0.533. The Balaban J connectivity index is 1.85. The van der Waals surface area contributed by atoms with Crippen LogP contribution in [0.5, 0.6) is 0 Å². The summed E-state index contributed by atoms with van der Waals surface area (Å²) >= 11 is 0. The summed E-state index contributed by atoms with van der Waals surface area (Å²) in [5.41, 5.74) is 2.20. The molecule has 1 fully saturated rings. The number of rotatable bonds is 1. The second-order valence-corrected chi connectivity index (χ2v) is 5.40. The Kier molecular flexibility index (Phi) is 3.42. The van der Waals surface area contributed by atoms with Gasteiger partial charge >= 0.3 is 0 Å². The van der Waals surface area contributed by atoms with Gasteiger partial charge in [-0.1, -0.05) is 18.6 Å². The molecule has 102 valence electrons. The molecule has 0 aliphatic carbocycles. The molecular weight excluding hydrogens is 238 g/mol. The van der Waals surface area contributed by atoms with E-state index in [9.17, 15) is 4.79 Å². The van der Waals surface area contributed by atoms with Crippen LogP contribution in [0.25, 0.3) is 0 Å². The Hall–Kier alpha value is -1.55. The van der Waals surface area contributed by atoms with Crippen molar-refractivity contribution in [2.75, 3.05) is 36.5 Å². The minimum atomic E-state index is 0.00483. The van der Waals surface area contributed by atoms with Crippen LogP contribution >= 0.6 is 0 Å². The minimum absolute atomic E-state index is 0.00483. The molecule has 1 atom stereocenters. The highest BCUT2D eigenvalue weighted by Gasteiger charge is 2.30.